The van der Waals surface area contributed by atoms with E-state index in [9.17, 15) is 0 Å². The number of nitrogens with zero attached hydrogens (tertiary/aromatic N) is 2. The summed E-state index contributed by atoms with van der Waals surface area (Å²) in [6.07, 6.45) is 3.75. The number of rotatable bonds is 2. The number of thiocarbonyl (C=S) groups is 1. The molecule has 0 unspecified atom stereocenters. The lowest BCUT2D eigenvalue weighted by atomic mass is 10.3. The molecule has 0 aromatic rings. The van der Waals surface area contributed by atoms with Gasteiger partial charge in [0.15, 0.2) is 0 Å². The molecule has 14 heavy (non-hydrogen) atoms. The zero-order valence-corrected chi connectivity index (χ0v) is 8.64. The van der Waals surface area contributed by atoms with Gasteiger partial charge in [0, 0.05) is 5.70 Å². The number of hydrogen-bond acceptors (Lipinski definition) is 5. The molecule has 0 atom stereocenters. The Morgan fingerprint density at radius 2 is 2.36 bits per heavy atom. The van der Waals surface area contributed by atoms with Crippen LogP contribution in [0.4, 0.5) is 0 Å². The molecule has 0 saturated heterocycles. The van der Waals surface area contributed by atoms with Crippen molar-refractivity contribution in [3.63, 3.8) is 0 Å². The first kappa shape index (κ1) is 9.45. The molecule has 0 bridgehead atoms. The topological polar surface area (TPSA) is 50.8 Å². The molecule has 0 radical (unpaired) electrons. The summed E-state index contributed by atoms with van der Waals surface area (Å²) in [6, 6.07) is 0. The molecular weight excluding hydrogens is 200 g/mol. The molecule has 0 aromatic carbocycles. The van der Waals surface area contributed by atoms with Crippen LogP contribution in [0.5, 0.6) is 0 Å². The summed E-state index contributed by atoms with van der Waals surface area (Å²) in [5, 5.41) is 15.5. The highest BCUT2D eigenvalue weighted by atomic mass is 32.1. The van der Waals surface area contributed by atoms with Crippen LogP contribution in [0.1, 0.15) is 6.92 Å². The van der Waals surface area contributed by atoms with Crippen LogP contribution in [-0.4, -0.2) is 33.3 Å². The molecule has 2 heterocycles. The van der Waals surface area contributed by atoms with Crippen LogP contribution in [-0.2, 0) is 0 Å². The van der Waals surface area contributed by atoms with Crippen molar-refractivity contribution >= 4 is 17.2 Å². The predicted octanol–water partition coefficient (Wildman–Crippen LogP) is -0.351. The van der Waals surface area contributed by atoms with Gasteiger partial charge in [0.2, 0.25) is 0 Å². The third-order valence-electron chi connectivity index (χ3n) is 1.97. The maximum absolute atomic E-state index is 8.78. The van der Waals surface area contributed by atoms with Gasteiger partial charge in [-0.1, -0.05) is 12.2 Å². The van der Waals surface area contributed by atoms with Crippen LogP contribution < -0.4 is 10.9 Å². The summed E-state index contributed by atoms with van der Waals surface area (Å²) in [6.45, 7) is 2.59. The molecule has 2 rings (SSSR count). The largest absolute Gasteiger partial charge is 0.394 e. The minimum absolute atomic E-state index is 0.101. The van der Waals surface area contributed by atoms with Gasteiger partial charge in [-0.25, -0.2) is 5.01 Å². The fourth-order valence-electron chi connectivity index (χ4n) is 1.38. The van der Waals surface area contributed by atoms with E-state index in [1.165, 1.54) is 0 Å². The molecule has 0 aromatic heterocycles. The van der Waals surface area contributed by atoms with Crippen LogP contribution in [0.25, 0.3) is 0 Å². The minimum Gasteiger partial charge on any atom is -0.394 e. The molecule has 2 aliphatic rings. The third kappa shape index (κ3) is 1.59. The van der Waals surface area contributed by atoms with Crippen molar-refractivity contribution in [1.29, 1.82) is 0 Å². The molecule has 2 aliphatic heterocycles. The average Bonchev–Trinajstić information content (AvgIpc) is 2.48. The molecule has 5 nitrogen and oxygen atoms in total. The van der Waals surface area contributed by atoms with E-state index >= 15 is 0 Å². The smallest absolute Gasteiger partial charge is 0.145 e. The minimum atomic E-state index is 0.101. The summed E-state index contributed by atoms with van der Waals surface area (Å²) in [5.41, 5.74) is 4.05. The normalized spacial score (nSPS) is 20.3. The zero-order valence-electron chi connectivity index (χ0n) is 7.82. The van der Waals surface area contributed by atoms with Crippen molar-refractivity contribution < 1.29 is 5.11 Å². The Labute approximate surface area is 87.6 Å². The van der Waals surface area contributed by atoms with E-state index < -0.39 is 0 Å². The molecule has 0 spiro atoms. The highest BCUT2D eigenvalue weighted by Crippen LogP contribution is 2.16. The van der Waals surface area contributed by atoms with Gasteiger partial charge in [-0.15, -0.1) is 5.53 Å². The van der Waals surface area contributed by atoms with Gasteiger partial charge in [0.25, 0.3) is 0 Å². The number of nitrogens with one attached hydrogen (secondary N) is 2. The molecular formula is C8H12N4OS. The standard InChI is InChI=1S/C8H12N4OS/c1-6-4-8(14)12-7(9-6)5-11(10-12)2-3-13/h4-5,9-10,13H,2-3H2,1H3. The van der Waals surface area contributed by atoms with Crippen molar-refractivity contribution in [2.24, 2.45) is 0 Å². The Hall–Kier alpha value is -1.11. The summed E-state index contributed by atoms with van der Waals surface area (Å²) >= 11 is 5.17. The Morgan fingerprint density at radius 3 is 3.07 bits per heavy atom. The quantitative estimate of drug-likeness (QED) is 0.544. The van der Waals surface area contributed by atoms with Crippen molar-refractivity contribution in [2.75, 3.05) is 13.2 Å². The number of aliphatic hydroxyl groups is 1. The lowest BCUT2D eigenvalue weighted by molar-refractivity contribution is 0.151. The number of allylic oxidation sites excluding steroid dienone is 1. The van der Waals surface area contributed by atoms with Gasteiger partial charge in [-0.3, -0.25) is 5.01 Å². The number of aliphatic hydroxyl groups excluding tert-OH is 1. The third-order valence-corrected chi connectivity index (χ3v) is 2.27. The molecule has 3 N–H and O–H groups in total. The molecule has 0 fully saturated rings. The Balaban J connectivity index is 2.14. The molecule has 6 heteroatoms. The average molecular weight is 212 g/mol. The van der Waals surface area contributed by atoms with E-state index in [4.69, 9.17) is 17.3 Å². The Bertz CT molecular complexity index is 325. The van der Waals surface area contributed by atoms with Crippen LogP contribution in [0.3, 0.4) is 0 Å². The second kappa shape index (κ2) is 3.56. The van der Waals surface area contributed by atoms with E-state index in [1.807, 2.05) is 19.2 Å². The maximum atomic E-state index is 8.78. The highest BCUT2D eigenvalue weighted by molar-refractivity contribution is 7.80. The molecule has 0 saturated carbocycles. The van der Waals surface area contributed by atoms with Crippen molar-refractivity contribution in [2.45, 2.75) is 6.92 Å². The monoisotopic (exact) mass is 212 g/mol. The predicted molar refractivity (Wildman–Crippen MR) is 56.3 cm³/mol. The van der Waals surface area contributed by atoms with Gasteiger partial charge in [-0.05, 0) is 13.0 Å². The first-order valence-electron chi connectivity index (χ1n) is 4.36. The van der Waals surface area contributed by atoms with Gasteiger partial charge in [0.05, 0.1) is 19.4 Å². The number of β-amino-alcohol motifs (C(OH)–C–C–N with tert-alkyl or cyclic N) is 1. The highest BCUT2D eigenvalue weighted by Gasteiger charge is 2.25. The fraction of sp³-hybridized carbons (Fsp3) is 0.375. The van der Waals surface area contributed by atoms with E-state index in [0.29, 0.717) is 11.5 Å². The maximum Gasteiger partial charge on any atom is 0.145 e. The number of fused-ring (bicyclic) bond motifs is 1. The zero-order chi connectivity index (χ0) is 10.1. The Kier molecular flexibility index (Phi) is 2.40. The number of hydrogen-bond donors (Lipinski definition) is 3. The second-order valence-electron chi connectivity index (χ2n) is 3.16. The van der Waals surface area contributed by atoms with E-state index in [0.717, 1.165) is 11.5 Å². The first-order chi connectivity index (χ1) is 6.70. The Morgan fingerprint density at radius 1 is 1.57 bits per heavy atom. The van der Waals surface area contributed by atoms with Crippen LogP contribution in [0.15, 0.2) is 23.8 Å². The SMILES string of the molecule is CC1=CC(=S)N2NN(CCO)C=C2N1. The molecule has 0 aliphatic carbocycles. The second-order valence-corrected chi connectivity index (χ2v) is 3.58. The van der Waals surface area contributed by atoms with Crippen LogP contribution in [0, 0.1) is 0 Å². The summed E-state index contributed by atoms with van der Waals surface area (Å²) in [4.78, 5) is 0.716. The van der Waals surface area contributed by atoms with E-state index in [-0.39, 0.29) is 6.61 Å². The van der Waals surface area contributed by atoms with Gasteiger partial charge in [-0.2, -0.15) is 0 Å². The van der Waals surface area contributed by atoms with E-state index in [1.54, 1.807) is 10.0 Å². The van der Waals surface area contributed by atoms with Gasteiger partial charge in [0.1, 0.15) is 10.8 Å². The van der Waals surface area contributed by atoms with Gasteiger partial charge < -0.3 is 10.4 Å². The molecule has 0 amide bonds. The van der Waals surface area contributed by atoms with Crippen molar-refractivity contribution in [3.05, 3.63) is 23.8 Å². The summed E-state index contributed by atoms with van der Waals surface area (Å²) in [7, 11) is 0. The lowest BCUT2D eigenvalue weighted by Gasteiger charge is -2.27. The van der Waals surface area contributed by atoms with Crippen molar-refractivity contribution in [1.82, 2.24) is 20.9 Å². The number of hydrazine groups is 2. The summed E-state index contributed by atoms with van der Waals surface area (Å²) in [5.74, 6) is 0.892. The van der Waals surface area contributed by atoms with Crippen LogP contribution in [0.2, 0.25) is 0 Å². The summed E-state index contributed by atoms with van der Waals surface area (Å²) < 4.78 is 0. The lowest BCUT2D eigenvalue weighted by Crippen LogP contribution is -2.47. The van der Waals surface area contributed by atoms with Gasteiger partial charge >= 0.3 is 0 Å². The van der Waals surface area contributed by atoms with Crippen LogP contribution >= 0.6 is 12.2 Å². The molecule has 76 valence electrons. The fourth-order valence-corrected chi connectivity index (χ4v) is 1.70. The van der Waals surface area contributed by atoms with Crippen molar-refractivity contribution in [3.8, 4) is 0 Å². The van der Waals surface area contributed by atoms with E-state index in [2.05, 4.69) is 10.9 Å². The first-order valence-corrected chi connectivity index (χ1v) is 4.76.